The van der Waals surface area contributed by atoms with E-state index in [2.05, 4.69) is 57.4 Å². The van der Waals surface area contributed by atoms with Crippen molar-refractivity contribution in [1.82, 2.24) is 15.0 Å². The van der Waals surface area contributed by atoms with E-state index in [0.717, 1.165) is 25.1 Å². The molecule has 0 saturated carbocycles. The van der Waals surface area contributed by atoms with Crippen molar-refractivity contribution in [2.75, 3.05) is 16.8 Å². The van der Waals surface area contributed by atoms with Gasteiger partial charge in [0.1, 0.15) is 16.8 Å². The van der Waals surface area contributed by atoms with Gasteiger partial charge in [0.05, 0.1) is 24.5 Å². The molecular weight excluding hydrogens is 496 g/mol. The van der Waals surface area contributed by atoms with E-state index in [-0.39, 0.29) is 12.6 Å². The number of thiazole rings is 1. The molecule has 0 unspecified atom stereocenters. The molecule has 4 rings (SSSR count). The maximum Gasteiger partial charge on any atom is 0.328 e. The number of nitrogens with one attached hydrogen (secondary N) is 1. The molecule has 192 valence electrons. The lowest BCUT2D eigenvalue weighted by Crippen LogP contribution is -2.25. The van der Waals surface area contributed by atoms with Crippen LogP contribution in [0.1, 0.15) is 46.1 Å². The minimum absolute atomic E-state index is 0.174. The summed E-state index contributed by atoms with van der Waals surface area (Å²) in [7, 11) is 0. The highest BCUT2D eigenvalue weighted by Gasteiger charge is 2.29. The summed E-state index contributed by atoms with van der Waals surface area (Å²) in [5, 5.41) is 38.2. The van der Waals surface area contributed by atoms with Crippen molar-refractivity contribution >= 4 is 40.2 Å². The van der Waals surface area contributed by atoms with Crippen LogP contribution in [-0.4, -0.2) is 48.8 Å². The van der Waals surface area contributed by atoms with E-state index in [0.29, 0.717) is 39.5 Å². The van der Waals surface area contributed by atoms with E-state index in [9.17, 15) is 14.7 Å². The van der Waals surface area contributed by atoms with Crippen LogP contribution in [0.15, 0.2) is 42.6 Å². The van der Waals surface area contributed by atoms with E-state index in [1.807, 2.05) is 6.92 Å². The molecule has 0 radical (unpaired) electrons. The Balaban J connectivity index is 0.000000414. The number of aromatic nitrogens is 3. The van der Waals surface area contributed by atoms with E-state index in [4.69, 9.17) is 20.5 Å². The summed E-state index contributed by atoms with van der Waals surface area (Å²) in [6.07, 6.45) is 4.76. The van der Waals surface area contributed by atoms with Gasteiger partial charge in [-0.25, -0.2) is 19.6 Å². The third-order valence-electron chi connectivity index (χ3n) is 5.54. The molecule has 2 aromatic heterocycles. The lowest BCUT2D eigenvalue weighted by atomic mass is 10.0. The monoisotopic (exact) mass is 522 g/mol. The Hall–Kier alpha value is -4.34. The number of carboxylic acid groups (broad SMARTS) is 2. The van der Waals surface area contributed by atoms with Gasteiger partial charge in [0.25, 0.3) is 0 Å². The van der Waals surface area contributed by atoms with Gasteiger partial charge in [0, 0.05) is 24.3 Å². The highest BCUT2D eigenvalue weighted by atomic mass is 32.1. The number of nitriles is 1. The van der Waals surface area contributed by atoms with Crippen molar-refractivity contribution in [3.63, 3.8) is 0 Å². The molecule has 0 bridgehead atoms. The van der Waals surface area contributed by atoms with Crippen LogP contribution in [0.4, 0.5) is 16.9 Å². The highest BCUT2D eigenvalue weighted by molar-refractivity contribution is 7.16. The van der Waals surface area contributed by atoms with Gasteiger partial charge in [-0.05, 0) is 32.3 Å². The van der Waals surface area contributed by atoms with Gasteiger partial charge >= 0.3 is 11.9 Å². The lowest BCUT2D eigenvalue weighted by Gasteiger charge is -2.26. The zero-order valence-corrected chi connectivity index (χ0v) is 21.1. The number of aliphatic hydroxyl groups excluding tert-OH is 1. The average Bonchev–Trinajstić information content (AvgIpc) is 3.53. The first-order valence-corrected chi connectivity index (χ1v) is 12.1. The van der Waals surface area contributed by atoms with Crippen molar-refractivity contribution in [2.45, 2.75) is 39.3 Å². The number of hydrogen-bond donors (Lipinski definition) is 4. The summed E-state index contributed by atoms with van der Waals surface area (Å²) >= 11 is 1.25. The van der Waals surface area contributed by atoms with Gasteiger partial charge in [-0.2, -0.15) is 10.2 Å². The number of rotatable bonds is 7. The van der Waals surface area contributed by atoms with E-state index < -0.39 is 11.9 Å². The summed E-state index contributed by atoms with van der Waals surface area (Å²) in [6.45, 7) is 4.67. The van der Waals surface area contributed by atoms with Crippen molar-refractivity contribution in [1.29, 1.82) is 5.26 Å². The predicted molar refractivity (Wildman–Crippen MR) is 138 cm³/mol. The van der Waals surface area contributed by atoms with Crippen molar-refractivity contribution in [3.05, 3.63) is 69.9 Å². The van der Waals surface area contributed by atoms with Gasteiger partial charge in [0.15, 0.2) is 5.13 Å². The van der Waals surface area contributed by atoms with Gasteiger partial charge in [0.2, 0.25) is 5.95 Å². The number of hydrogen-bond acceptors (Lipinski definition) is 10. The molecular formula is C25H26N6O5S. The third kappa shape index (κ3) is 7.33. The number of aliphatic hydroxyl groups is 1. The van der Waals surface area contributed by atoms with Crippen molar-refractivity contribution in [3.8, 4) is 6.07 Å². The molecule has 1 aromatic carbocycles. The molecule has 37 heavy (non-hydrogen) atoms. The van der Waals surface area contributed by atoms with Crippen LogP contribution in [0.5, 0.6) is 0 Å². The second-order valence-corrected chi connectivity index (χ2v) is 9.16. The largest absolute Gasteiger partial charge is 0.478 e. The first-order chi connectivity index (χ1) is 17.7. The molecule has 0 spiro atoms. The van der Waals surface area contributed by atoms with Crippen LogP contribution in [-0.2, 0) is 16.2 Å². The number of carbonyl (C=O) groups is 2. The topological polar surface area (TPSA) is 173 Å². The maximum atomic E-state index is 9.84. The lowest BCUT2D eigenvalue weighted by molar-refractivity contribution is -0.134. The van der Waals surface area contributed by atoms with Crippen LogP contribution in [0.2, 0.25) is 0 Å². The summed E-state index contributed by atoms with van der Waals surface area (Å²) < 4.78 is 0. The molecule has 1 saturated heterocycles. The molecule has 1 atom stereocenters. The minimum Gasteiger partial charge on any atom is -0.478 e. The van der Waals surface area contributed by atoms with E-state index in [1.54, 1.807) is 0 Å². The molecule has 3 aromatic rings. The smallest absolute Gasteiger partial charge is 0.328 e. The van der Waals surface area contributed by atoms with Crippen LogP contribution in [0, 0.1) is 25.2 Å². The molecule has 0 aliphatic carbocycles. The van der Waals surface area contributed by atoms with Crippen LogP contribution in [0.25, 0.3) is 0 Å². The van der Waals surface area contributed by atoms with E-state index >= 15 is 0 Å². The fraction of sp³-hybridized carbons (Fsp3) is 0.280. The number of anilines is 3. The van der Waals surface area contributed by atoms with Crippen molar-refractivity contribution < 1.29 is 24.9 Å². The van der Waals surface area contributed by atoms with Crippen molar-refractivity contribution in [2.24, 2.45) is 0 Å². The fourth-order valence-electron chi connectivity index (χ4n) is 3.77. The van der Waals surface area contributed by atoms with E-state index in [1.165, 1.54) is 28.7 Å². The summed E-state index contributed by atoms with van der Waals surface area (Å²) in [5.74, 6) is -1.34. The predicted octanol–water partition coefficient (Wildman–Crippen LogP) is 3.71. The minimum atomic E-state index is -1.26. The zero-order chi connectivity index (χ0) is 26.9. The Morgan fingerprint density at radius 3 is 2.43 bits per heavy atom. The average molecular weight is 523 g/mol. The normalized spacial score (nSPS) is 14.6. The number of benzene rings is 1. The molecule has 0 amide bonds. The Bertz CT molecular complexity index is 1320. The van der Waals surface area contributed by atoms with Crippen LogP contribution in [0.3, 0.4) is 0 Å². The molecule has 11 nitrogen and oxygen atoms in total. The Morgan fingerprint density at radius 1 is 1.19 bits per heavy atom. The second-order valence-electron chi connectivity index (χ2n) is 8.13. The first kappa shape index (κ1) is 27.3. The zero-order valence-electron chi connectivity index (χ0n) is 20.2. The van der Waals surface area contributed by atoms with Crippen LogP contribution < -0.4 is 10.2 Å². The summed E-state index contributed by atoms with van der Waals surface area (Å²) in [4.78, 5) is 35.5. The maximum absolute atomic E-state index is 9.84. The SMILES string of the molecule is Cc1ccc([C@@H]2CCCN2c2nc(C)c(CO)c(Nc3ncc(C#N)s3)n2)cc1.O=C(O)/C=C\C(=O)O. The van der Waals surface area contributed by atoms with Gasteiger partial charge in [-0.3, -0.25) is 0 Å². The Morgan fingerprint density at radius 2 is 1.86 bits per heavy atom. The number of nitrogens with zero attached hydrogens (tertiary/aromatic N) is 5. The summed E-state index contributed by atoms with van der Waals surface area (Å²) in [5.41, 5.74) is 3.86. The molecule has 3 heterocycles. The molecule has 1 aliphatic heterocycles. The third-order valence-corrected chi connectivity index (χ3v) is 6.36. The molecule has 1 aliphatic rings. The number of carboxylic acids is 2. The number of aliphatic carboxylic acids is 2. The summed E-state index contributed by atoms with van der Waals surface area (Å²) in [6, 6.07) is 10.9. The van der Waals surface area contributed by atoms with Gasteiger partial charge in [-0.1, -0.05) is 41.2 Å². The van der Waals surface area contributed by atoms with Crippen LogP contribution >= 0.6 is 11.3 Å². The second kappa shape index (κ2) is 12.6. The molecule has 4 N–H and O–H groups in total. The Kier molecular flexibility index (Phi) is 9.26. The molecule has 12 heteroatoms. The molecule has 1 fully saturated rings. The van der Waals surface area contributed by atoms with Gasteiger partial charge < -0.3 is 25.5 Å². The quantitative estimate of drug-likeness (QED) is 0.333. The standard InChI is InChI=1S/C21H22N6OS.C4H4O4/c1-13-5-7-15(8-6-13)18-4-3-9-27(18)20-24-14(2)17(12-28)19(25-20)26-21-23-11-16(10-22)29-21;5-3(6)1-2-4(7)8/h5-8,11,18,28H,3-4,9,12H2,1-2H3,(H,23,24,25,26);1-2H,(H,5,6)(H,7,8)/b;2-1-/t18-;/m0./s1. The number of aryl methyl sites for hydroxylation is 2. The Labute approximate surface area is 217 Å². The highest BCUT2D eigenvalue weighted by Crippen LogP contribution is 2.36. The first-order valence-electron chi connectivity index (χ1n) is 11.3. The fourth-order valence-corrected chi connectivity index (χ4v) is 4.38. The van der Waals surface area contributed by atoms with Gasteiger partial charge in [-0.15, -0.1) is 0 Å².